The Morgan fingerprint density at radius 1 is 1.00 bits per heavy atom. The molecule has 0 bridgehead atoms. The van der Waals surface area contributed by atoms with Gasteiger partial charge in [-0.1, -0.05) is 12.1 Å². The number of hydrogen-bond donors (Lipinski definition) is 7. The maximum atomic E-state index is 13.4. The monoisotopic (exact) mass is 581 g/mol. The fourth-order valence-corrected chi connectivity index (χ4v) is 4.16. The highest BCUT2D eigenvalue weighted by Gasteiger charge is 2.30. The summed E-state index contributed by atoms with van der Waals surface area (Å²) in [4.78, 5) is 99.1. The number of H-pyrrole nitrogens is 3. The van der Waals surface area contributed by atoms with Crippen molar-refractivity contribution >= 4 is 28.7 Å². The zero-order valence-electron chi connectivity index (χ0n) is 22.1. The number of carboxylic acids is 1. The molecule has 3 heterocycles. The number of aromatic nitrogens is 6. The van der Waals surface area contributed by atoms with E-state index in [9.17, 15) is 38.7 Å². The second-order valence-electron chi connectivity index (χ2n) is 9.46. The summed E-state index contributed by atoms with van der Waals surface area (Å²) < 4.78 is 1.69. The molecular formula is C25H27N9O8. The fourth-order valence-electron chi connectivity index (χ4n) is 4.16. The summed E-state index contributed by atoms with van der Waals surface area (Å²) in [6.45, 7) is 0.365. The van der Waals surface area contributed by atoms with Crippen molar-refractivity contribution in [3.8, 4) is 0 Å². The number of benzene rings is 1. The smallest absolute Gasteiger partial charge is 0.328 e. The van der Waals surface area contributed by atoms with Crippen LogP contribution < -0.4 is 38.9 Å². The fraction of sp³-hybridized carbons (Fsp3) is 0.280. The van der Waals surface area contributed by atoms with E-state index in [-0.39, 0.29) is 22.9 Å². The molecular weight excluding hydrogens is 554 g/mol. The first-order chi connectivity index (χ1) is 19.9. The van der Waals surface area contributed by atoms with Gasteiger partial charge >= 0.3 is 17.3 Å². The number of carbonyl (C=O) groups excluding carboxylic acids is 2. The predicted octanol–water partition coefficient (Wildman–Crippen LogP) is -3.10. The van der Waals surface area contributed by atoms with Crippen molar-refractivity contribution in [2.45, 2.75) is 44.6 Å². The first-order valence-corrected chi connectivity index (χ1v) is 12.5. The number of nitrogens with one attached hydrogen (secondary N) is 5. The van der Waals surface area contributed by atoms with Crippen LogP contribution in [0.1, 0.15) is 11.3 Å². The van der Waals surface area contributed by atoms with E-state index in [1.165, 1.54) is 37.8 Å². The van der Waals surface area contributed by atoms with Crippen LogP contribution in [0.3, 0.4) is 0 Å². The van der Waals surface area contributed by atoms with Crippen molar-refractivity contribution in [2.24, 2.45) is 5.73 Å². The van der Waals surface area contributed by atoms with E-state index in [0.29, 0.717) is 10.3 Å². The Balaban J connectivity index is 1.63. The number of nitrogens with two attached hydrogens (primary N) is 1. The van der Waals surface area contributed by atoms with Gasteiger partial charge in [-0.3, -0.25) is 33.3 Å². The lowest BCUT2D eigenvalue weighted by molar-refractivity contribution is -0.142. The van der Waals surface area contributed by atoms with Crippen LogP contribution in [0.25, 0.3) is 10.9 Å². The van der Waals surface area contributed by atoms with Gasteiger partial charge in [-0.15, -0.1) is 0 Å². The average molecular weight is 582 g/mol. The number of imidazole rings is 1. The number of para-hydroxylation sites is 1. The van der Waals surface area contributed by atoms with E-state index in [0.717, 1.165) is 4.57 Å². The van der Waals surface area contributed by atoms with Crippen LogP contribution in [0.15, 0.2) is 62.2 Å². The number of amides is 2. The highest BCUT2D eigenvalue weighted by Crippen LogP contribution is 2.05. The van der Waals surface area contributed by atoms with Crippen LogP contribution in [0, 0.1) is 6.92 Å². The molecule has 220 valence electrons. The second kappa shape index (κ2) is 12.3. The minimum absolute atomic E-state index is 0.134. The van der Waals surface area contributed by atoms with Crippen molar-refractivity contribution in [1.29, 1.82) is 0 Å². The zero-order chi connectivity index (χ0) is 30.6. The molecule has 4 rings (SSSR count). The lowest BCUT2D eigenvalue weighted by atomic mass is 10.1. The van der Waals surface area contributed by atoms with Gasteiger partial charge in [-0.2, -0.15) is 0 Å². The lowest BCUT2D eigenvalue weighted by Gasteiger charge is -2.23. The summed E-state index contributed by atoms with van der Waals surface area (Å²) in [5.74, 6) is -3.39. The molecule has 17 heteroatoms. The summed E-state index contributed by atoms with van der Waals surface area (Å²) in [6, 6.07) is 1.60. The van der Waals surface area contributed by atoms with Crippen molar-refractivity contribution in [1.82, 2.24) is 39.7 Å². The molecule has 0 aliphatic rings. The molecule has 0 fully saturated rings. The van der Waals surface area contributed by atoms with Crippen molar-refractivity contribution in [2.75, 3.05) is 0 Å². The Morgan fingerprint density at radius 2 is 1.71 bits per heavy atom. The van der Waals surface area contributed by atoms with Gasteiger partial charge in [0.15, 0.2) is 0 Å². The first-order valence-electron chi connectivity index (χ1n) is 12.5. The van der Waals surface area contributed by atoms with Crippen molar-refractivity contribution in [3.05, 3.63) is 95.9 Å². The van der Waals surface area contributed by atoms with Crippen LogP contribution >= 0.6 is 0 Å². The topological polar surface area (TPSA) is 260 Å². The number of carboxylic acid groups (broad SMARTS) is 1. The molecule has 0 radical (unpaired) electrons. The molecule has 42 heavy (non-hydrogen) atoms. The van der Waals surface area contributed by atoms with E-state index in [1.807, 2.05) is 0 Å². The van der Waals surface area contributed by atoms with E-state index < -0.39 is 71.5 Å². The molecule has 0 saturated carbocycles. The molecule has 8 N–H and O–H groups in total. The van der Waals surface area contributed by atoms with Crippen LogP contribution in [0.5, 0.6) is 0 Å². The van der Waals surface area contributed by atoms with Crippen LogP contribution in [0.2, 0.25) is 0 Å². The van der Waals surface area contributed by atoms with Gasteiger partial charge in [0.25, 0.3) is 11.1 Å². The predicted molar refractivity (Wildman–Crippen MR) is 147 cm³/mol. The lowest BCUT2D eigenvalue weighted by Crippen LogP contribution is -2.58. The van der Waals surface area contributed by atoms with E-state index in [4.69, 9.17) is 5.73 Å². The summed E-state index contributed by atoms with van der Waals surface area (Å²) in [6.07, 6.45) is 3.72. The highest BCUT2D eigenvalue weighted by atomic mass is 16.4. The minimum Gasteiger partial charge on any atom is -0.480 e. The summed E-state index contributed by atoms with van der Waals surface area (Å²) in [5, 5.41) is 14.5. The Labute approximate surface area is 234 Å². The molecule has 0 unspecified atom stereocenters. The zero-order valence-corrected chi connectivity index (χ0v) is 22.1. The first kappa shape index (κ1) is 29.4. The molecule has 0 spiro atoms. The number of aliphatic carboxylic acids is 1. The van der Waals surface area contributed by atoms with E-state index >= 15 is 0 Å². The molecule has 2 amide bonds. The molecule has 0 saturated heterocycles. The summed E-state index contributed by atoms with van der Waals surface area (Å²) in [5.41, 5.74) is 3.76. The summed E-state index contributed by atoms with van der Waals surface area (Å²) >= 11 is 0. The van der Waals surface area contributed by atoms with Gasteiger partial charge in [0.1, 0.15) is 18.1 Å². The second-order valence-corrected chi connectivity index (χ2v) is 9.46. The third-order valence-corrected chi connectivity index (χ3v) is 6.40. The molecule has 3 atom stereocenters. The number of hydrogen-bond acceptors (Lipinski definition) is 9. The Kier molecular flexibility index (Phi) is 8.61. The SMILES string of the molecule is Cc1cn(C[C@@H](N)C(=O)N[C@H](Cn2c(=O)[nH]c3ccccc3c2=O)C(=O)N[C@@H](Cc2cnc[nH]2)C(=O)O)c(=O)[nH]c1=O. The maximum absolute atomic E-state index is 13.4. The van der Waals surface area contributed by atoms with Gasteiger partial charge in [-0.05, 0) is 19.1 Å². The van der Waals surface area contributed by atoms with E-state index in [1.54, 1.807) is 12.1 Å². The van der Waals surface area contributed by atoms with Gasteiger partial charge < -0.3 is 31.4 Å². The largest absolute Gasteiger partial charge is 0.480 e. The summed E-state index contributed by atoms with van der Waals surface area (Å²) in [7, 11) is 0. The number of carbonyl (C=O) groups is 3. The standard InChI is InChI=1S/C25H27N9O8/c1-12-8-33(24(41)32-19(12)35)9-15(26)20(36)30-18(21(37)29-17(23(39)40)6-13-7-27-11-28-13)10-34-22(38)14-4-2-3-5-16(14)31-25(34)42/h2-5,7-8,11,15,17-18H,6,9-10,26H2,1H3,(H,27,28)(H,29,37)(H,30,36)(H,31,42)(H,39,40)(H,32,35,41)/t15-,17+,18-/m1/s1. The van der Waals surface area contributed by atoms with Crippen LogP contribution in [0.4, 0.5) is 0 Å². The number of aromatic amines is 3. The number of fused-ring (bicyclic) bond motifs is 1. The van der Waals surface area contributed by atoms with Gasteiger partial charge in [0.2, 0.25) is 11.8 Å². The highest BCUT2D eigenvalue weighted by molar-refractivity contribution is 5.91. The molecule has 4 aromatic rings. The Morgan fingerprint density at radius 3 is 2.40 bits per heavy atom. The van der Waals surface area contributed by atoms with Crippen molar-refractivity contribution < 1.29 is 19.5 Å². The Bertz CT molecular complexity index is 1870. The van der Waals surface area contributed by atoms with Crippen LogP contribution in [-0.2, 0) is 33.9 Å². The van der Waals surface area contributed by atoms with Crippen molar-refractivity contribution in [3.63, 3.8) is 0 Å². The molecule has 17 nitrogen and oxygen atoms in total. The molecule has 1 aromatic carbocycles. The average Bonchev–Trinajstić information content (AvgIpc) is 3.46. The normalized spacial score (nSPS) is 13.3. The number of nitrogens with zero attached hydrogens (tertiary/aromatic N) is 3. The van der Waals surface area contributed by atoms with Gasteiger partial charge in [0, 0.05) is 30.1 Å². The maximum Gasteiger partial charge on any atom is 0.328 e. The van der Waals surface area contributed by atoms with Gasteiger partial charge in [0.05, 0.1) is 30.3 Å². The molecule has 3 aromatic heterocycles. The third-order valence-electron chi connectivity index (χ3n) is 6.40. The van der Waals surface area contributed by atoms with E-state index in [2.05, 4.69) is 30.6 Å². The Hall–Kier alpha value is -5.58. The number of aryl methyl sites for hydroxylation is 1. The van der Waals surface area contributed by atoms with Crippen LogP contribution in [-0.4, -0.2) is 70.1 Å². The number of rotatable bonds is 11. The van der Waals surface area contributed by atoms with Gasteiger partial charge in [-0.25, -0.2) is 19.4 Å². The molecule has 0 aliphatic carbocycles. The molecule has 0 aliphatic heterocycles. The third kappa shape index (κ3) is 6.58. The quantitative estimate of drug-likeness (QED) is 0.0938. The minimum atomic E-state index is -1.65.